The molecule has 0 bridgehead atoms. The second-order valence-electron chi connectivity index (χ2n) is 13.0. The maximum atomic E-state index is 13.8. The number of carbonyl (C=O) groups excluding carboxylic acids is 8. The van der Waals surface area contributed by atoms with Crippen molar-refractivity contribution >= 4 is 81.9 Å². The molecular formula is C34H48N10O13S. The van der Waals surface area contributed by atoms with Crippen molar-refractivity contribution in [3.05, 3.63) is 36.0 Å². The lowest BCUT2D eigenvalue weighted by Gasteiger charge is -2.25. The van der Waals surface area contributed by atoms with Gasteiger partial charge in [0, 0.05) is 23.5 Å². The van der Waals surface area contributed by atoms with E-state index < -0.39 is 127 Å². The van der Waals surface area contributed by atoms with Crippen LogP contribution < -0.4 is 49.1 Å². The van der Waals surface area contributed by atoms with Gasteiger partial charge in [0.05, 0.1) is 38.0 Å². The molecule has 318 valence electrons. The summed E-state index contributed by atoms with van der Waals surface area (Å²) in [5.41, 5.74) is 18.0. The minimum Gasteiger partial charge on any atom is -0.481 e. The van der Waals surface area contributed by atoms with Gasteiger partial charge in [0.25, 0.3) is 0 Å². The monoisotopic (exact) mass is 836 g/mol. The van der Waals surface area contributed by atoms with E-state index in [-0.39, 0.29) is 12.8 Å². The molecule has 0 fully saturated rings. The van der Waals surface area contributed by atoms with Gasteiger partial charge in [-0.15, -0.1) is 0 Å². The fraction of sp³-hybridized carbons (Fsp3) is 0.471. The molecule has 7 atom stereocenters. The molecule has 58 heavy (non-hydrogen) atoms. The number of primary amides is 2. The summed E-state index contributed by atoms with van der Waals surface area (Å²) < 4.78 is 0. The number of para-hydroxylation sites is 1. The number of hydrogen-bond donors (Lipinski definition) is 13. The van der Waals surface area contributed by atoms with Crippen LogP contribution in [0.15, 0.2) is 30.5 Å². The second-order valence-corrected chi connectivity index (χ2v) is 14.0. The molecule has 0 aliphatic heterocycles. The molecule has 0 aliphatic rings. The molecule has 23 nitrogen and oxygen atoms in total. The van der Waals surface area contributed by atoms with E-state index in [1.165, 1.54) is 11.8 Å². The maximum absolute atomic E-state index is 13.8. The largest absolute Gasteiger partial charge is 0.481 e. The van der Waals surface area contributed by atoms with E-state index in [4.69, 9.17) is 17.2 Å². The van der Waals surface area contributed by atoms with E-state index in [2.05, 4.69) is 26.3 Å². The molecule has 16 N–H and O–H groups in total. The third-order valence-corrected chi connectivity index (χ3v) is 8.92. The van der Waals surface area contributed by atoms with E-state index in [0.717, 1.165) is 17.8 Å². The highest BCUT2D eigenvalue weighted by molar-refractivity contribution is 7.98. The maximum Gasteiger partial charge on any atom is 0.328 e. The molecule has 0 saturated carbocycles. The van der Waals surface area contributed by atoms with Crippen LogP contribution in [0.3, 0.4) is 0 Å². The first kappa shape index (κ1) is 47.9. The highest BCUT2D eigenvalue weighted by atomic mass is 32.2. The fourth-order valence-corrected chi connectivity index (χ4v) is 5.80. The number of aliphatic hydroxyl groups is 1. The number of H-pyrrole nitrogens is 1. The van der Waals surface area contributed by atoms with Crippen molar-refractivity contribution in [3.63, 3.8) is 0 Å². The van der Waals surface area contributed by atoms with Gasteiger partial charge in [-0.1, -0.05) is 18.2 Å². The number of rotatable bonds is 25. The fourth-order valence-electron chi connectivity index (χ4n) is 5.31. The van der Waals surface area contributed by atoms with Gasteiger partial charge >= 0.3 is 11.9 Å². The second kappa shape index (κ2) is 23.1. The van der Waals surface area contributed by atoms with Crippen LogP contribution in [0.25, 0.3) is 10.9 Å². The summed E-state index contributed by atoms with van der Waals surface area (Å²) in [6.07, 6.45) is -0.724. The number of thioether (sulfide) groups is 1. The van der Waals surface area contributed by atoms with Gasteiger partial charge in [0.1, 0.15) is 24.2 Å². The average Bonchev–Trinajstić information content (AvgIpc) is 3.55. The predicted molar refractivity (Wildman–Crippen MR) is 205 cm³/mol. The Balaban J connectivity index is 2.25. The molecule has 8 amide bonds. The number of carboxylic acid groups (broad SMARTS) is 2. The lowest BCUT2D eigenvalue weighted by molar-refractivity contribution is -0.146. The lowest BCUT2D eigenvalue weighted by Crippen LogP contribution is -2.59. The summed E-state index contributed by atoms with van der Waals surface area (Å²) in [5.74, 6) is -11.4. The topological polar surface area (TPSA) is 397 Å². The smallest absolute Gasteiger partial charge is 0.328 e. The highest BCUT2D eigenvalue weighted by Gasteiger charge is 2.34. The number of amides is 8. The quantitative estimate of drug-likeness (QED) is 0.0445. The molecule has 1 heterocycles. The average molecular weight is 837 g/mol. The molecule has 2 rings (SSSR count). The van der Waals surface area contributed by atoms with Crippen molar-refractivity contribution in [2.75, 3.05) is 18.6 Å². The molecule has 0 saturated heterocycles. The number of aliphatic carboxylic acids is 2. The molecule has 0 unspecified atom stereocenters. The third kappa shape index (κ3) is 15.7. The standard InChI is InChI=1S/C34H48N10O13S/c1-15(45)28(34(56)57)44-33(55)23(12-27(49)50)40-26(48)14-39-30(52)21(10-24(36)46)42-32(54)22(11-25(37)47)43-31(53)20(41-29(51)18(35)7-8-58-2)9-16-13-38-19-6-4-3-5-17(16)19/h3-6,13,15,18,20-23,28,38,45H,7-12,14,35H2,1-2H3,(H2,36,46)(H2,37,47)(H,39,52)(H,40,48)(H,41,51)(H,42,54)(H,43,53)(H,44,55)(H,49,50)(H,56,57)/t15-,18+,20+,21+,22+,23+,28+/m1/s1. The van der Waals surface area contributed by atoms with Crippen LogP contribution in [0.5, 0.6) is 0 Å². The molecule has 0 radical (unpaired) electrons. The van der Waals surface area contributed by atoms with E-state index in [9.17, 15) is 63.3 Å². The van der Waals surface area contributed by atoms with E-state index in [1.807, 2.05) is 16.9 Å². The Labute approximate surface area is 334 Å². The summed E-state index contributed by atoms with van der Waals surface area (Å²) in [6, 6.07) is -2.59. The van der Waals surface area contributed by atoms with Gasteiger partial charge < -0.3 is 69.4 Å². The summed E-state index contributed by atoms with van der Waals surface area (Å²) in [4.78, 5) is 128. The highest BCUT2D eigenvalue weighted by Crippen LogP contribution is 2.19. The molecule has 1 aromatic heterocycles. The minimum absolute atomic E-state index is 0.105. The van der Waals surface area contributed by atoms with Gasteiger partial charge in [-0.2, -0.15) is 11.8 Å². The minimum atomic E-state index is -1.88. The number of nitrogens with one attached hydrogen (secondary N) is 7. The van der Waals surface area contributed by atoms with E-state index >= 15 is 0 Å². The van der Waals surface area contributed by atoms with Gasteiger partial charge in [-0.25, -0.2) is 4.79 Å². The van der Waals surface area contributed by atoms with Crippen LogP contribution in [0.2, 0.25) is 0 Å². The number of carbonyl (C=O) groups is 10. The third-order valence-electron chi connectivity index (χ3n) is 8.28. The van der Waals surface area contributed by atoms with Crippen LogP contribution in [0.4, 0.5) is 0 Å². The summed E-state index contributed by atoms with van der Waals surface area (Å²) >= 11 is 1.45. The van der Waals surface area contributed by atoms with Crippen molar-refractivity contribution < 1.29 is 63.3 Å². The number of carboxylic acids is 2. The van der Waals surface area contributed by atoms with Crippen LogP contribution in [-0.2, 0) is 54.4 Å². The summed E-state index contributed by atoms with van der Waals surface area (Å²) in [5, 5.41) is 41.8. The van der Waals surface area contributed by atoms with Crippen molar-refractivity contribution in [3.8, 4) is 0 Å². The van der Waals surface area contributed by atoms with Crippen molar-refractivity contribution in [1.82, 2.24) is 36.9 Å². The first-order valence-corrected chi connectivity index (χ1v) is 18.9. The number of aromatic amines is 1. The zero-order valence-corrected chi connectivity index (χ0v) is 32.3. The Morgan fingerprint density at radius 1 is 0.741 bits per heavy atom. The number of benzene rings is 1. The van der Waals surface area contributed by atoms with Crippen molar-refractivity contribution in [2.24, 2.45) is 17.2 Å². The zero-order valence-electron chi connectivity index (χ0n) is 31.4. The van der Waals surface area contributed by atoms with E-state index in [0.29, 0.717) is 11.3 Å². The molecular weight excluding hydrogens is 788 g/mol. The van der Waals surface area contributed by atoms with Crippen LogP contribution in [0, 0.1) is 0 Å². The Kier molecular flexibility index (Phi) is 19.1. The van der Waals surface area contributed by atoms with Gasteiger partial charge in [0.15, 0.2) is 6.04 Å². The van der Waals surface area contributed by atoms with Gasteiger partial charge in [-0.3, -0.25) is 43.2 Å². The van der Waals surface area contributed by atoms with Crippen molar-refractivity contribution in [1.29, 1.82) is 0 Å². The molecule has 2 aromatic rings. The predicted octanol–water partition coefficient (Wildman–Crippen LogP) is -4.98. The zero-order chi connectivity index (χ0) is 43.7. The first-order chi connectivity index (χ1) is 27.2. The Hall–Kier alpha value is -6.27. The van der Waals surface area contributed by atoms with Crippen LogP contribution >= 0.6 is 11.8 Å². The Morgan fingerprint density at radius 3 is 1.83 bits per heavy atom. The first-order valence-electron chi connectivity index (χ1n) is 17.5. The molecule has 24 heteroatoms. The number of fused-ring (bicyclic) bond motifs is 1. The van der Waals surface area contributed by atoms with Crippen molar-refractivity contribution in [2.45, 2.75) is 81.4 Å². The number of hydrogen-bond acceptors (Lipinski definition) is 13. The van der Waals surface area contributed by atoms with Gasteiger partial charge in [0.2, 0.25) is 47.3 Å². The normalized spacial score (nSPS) is 14.6. The summed E-state index contributed by atoms with van der Waals surface area (Å²) in [6.45, 7) is 0.0567. The SMILES string of the molecule is CSCC[C@H](N)C(=O)N[C@@H](Cc1c[nH]c2ccccc12)C(=O)N[C@@H](CC(N)=O)C(=O)N[C@@H](CC(N)=O)C(=O)NCC(=O)N[C@@H](CC(=O)O)C(=O)N[C@H](C(=O)O)[C@@H](C)O. The number of aromatic nitrogens is 1. The molecule has 0 spiro atoms. The Morgan fingerprint density at radius 2 is 1.28 bits per heavy atom. The molecule has 1 aromatic carbocycles. The Bertz CT molecular complexity index is 1860. The van der Waals surface area contributed by atoms with Gasteiger partial charge in [-0.05, 0) is 37.0 Å². The molecule has 0 aliphatic carbocycles. The number of nitrogens with two attached hydrogens (primary N) is 3. The summed E-state index contributed by atoms with van der Waals surface area (Å²) in [7, 11) is 0. The number of aliphatic hydroxyl groups excluding tert-OH is 1. The van der Waals surface area contributed by atoms with E-state index in [1.54, 1.807) is 30.5 Å². The van der Waals surface area contributed by atoms with Crippen LogP contribution in [0.1, 0.15) is 38.2 Å². The van der Waals surface area contributed by atoms with Crippen LogP contribution in [-0.4, -0.2) is 140 Å². The lowest BCUT2D eigenvalue weighted by atomic mass is 10.0.